The molecule has 0 fully saturated rings. The molecular formula is C13H19NO8. The van der Waals surface area contributed by atoms with E-state index in [0.29, 0.717) is 6.54 Å². The number of aliphatic hydroxyl groups is 3. The lowest BCUT2D eigenvalue weighted by molar-refractivity contribution is -0.165. The Morgan fingerprint density at radius 1 is 1.09 bits per heavy atom. The van der Waals surface area contributed by atoms with Crippen LogP contribution in [-0.4, -0.2) is 68.4 Å². The van der Waals surface area contributed by atoms with Crippen LogP contribution >= 0.6 is 0 Å². The molecule has 0 aliphatic heterocycles. The molecule has 124 valence electrons. The molecule has 0 heterocycles. The Hall–Kier alpha value is -2.20. The highest BCUT2D eigenvalue weighted by Crippen LogP contribution is 2.17. The van der Waals surface area contributed by atoms with Crippen LogP contribution in [0.5, 0.6) is 5.75 Å². The van der Waals surface area contributed by atoms with E-state index < -0.39 is 30.3 Å². The van der Waals surface area contributed by atoms with Crippen molar-refractivity contribution in [2.24, 2.45) is 0 Å². The molecule has 1 aromatic carbocycles. The molecule has 1 aromatic rings. The summed E-state index contributed by atoms with van der Waals surface area (Å²) in [7, 11) is 1.77. The zero-order valence-electron chi connectivity index (χ0n) is 11.7. The second-order valence-electron chi connectivity index (χ2n) is 4.23. The summed E-state index contributed by atoms with van der Waals surface area (Å²) >= 11 is 0. The quantitative estimate of drug-likeness (QED) is 0.331. The van der Waals surface area contributed by atoms with Gasteiger partial charge in [-0.3, -0.25) is 0 Å². The van der Waals surface area contributed by atoms with Crippen LogP contribution in [0.3, 0.4) is 0 Å². The van der Waals surface area contributed by atoms with E-state index in [9.17, 15) is 14.7 Å². The molecule has 0 saturated heterocycles. The maximum absolute atomic E-state index is 9.77. The first kappa shape index (κ1) is 19.8. The largest absolute Gasteiger partial charge is 0.508 e. The molecule has 0 amide bonds. The Morgan fingerprint density at radius 3 is 1.95 bits per heavy atom. The maximum atomic E-state index is 9.77. The second kappa shape index (κ2) is 9.68. The molecule has 7 N–H and O–H groups in total. The van der Waals surface area contributed by atoms with Crippen molar-refractivity contribution in [3.05, 3.63) is 29.8 Å². The molecule has 0 bridgehead atoms. The van der Waals surface area contributed by atoms with Crippen LogP contribution in [0.1, 0.15) is 11.7 Å². The number of carbonyl (C=O) groups is 2. The standard InChI is InChI=1S/C9H13NO2.C4H6O6/c1-10-6-9(12)7-3-2-4-8(11)5-7;5-1(3(7)8)2(6)4(9)10/h2-5,9-12H,6H2,1H3;1-2,5-6H,(H,7,8)(H,9,10)/t9-;1-,2+/m0./s1. The van der Waals surface area contributed by atoms with Gasteiger partial charge >= 0.3 is 11.9 Å². The van der Waals surface area contributed by atoms with E-state index in [4.69, 9.17) is 25.5 Å². The molecular weight excluding hydrogens is 298 g/mol. The molecule has 0 aliphatic rings. The third kappa shape index (κ3) is 6.99. The Labute approximate surface area is 126 Å². The molecule has 9 nitrogen and oxygen atoms in total. The van der Waals surface area contributed by atoms with Crippen molar-refractivity contribution in [3.8, 4) is 5.75 Å². The summed E-state index contributed by atoms with van der Waals surface area (Å²) in [6, 6.07) is 6.63. The van der Waals surface area contributed by atoms with Crippen LogP contribution in [0.15, 0.2) is 24.3 Å². The Balaban J connectivity index is 0.000000409. The van der Waals surface area contributed by atoms with Gasteiger partial charge in [-0.05, 0) is 24.7 Å². The number of benzene rings is 1. The molecule has 0 aliphatic carbocycles. The first-order valence-electron chi connectivity index (χ1n) is 6.14. The third-order valence-corrected chi connectivity index (χ3v) is 2.46. The lowest BCUT2D eigenvalue weighted by Gasteiger charge is -2.09. The molecule has 22 heavy (non-hydrogen) atoms. The van der Waals surface area contributed by atoms with Crippen LogP contribution in [0.25, 0.3) is 0 Å². The molecule has 0 radical (unpaired) electrons. The third-order valence-electron chi connectivity index (χ3n) is 2.46. The second-order valence-corrected chi connectivity index (χ2v) is 4.23. The predicted molar refractivity (Wildman–Crippen MR) is 74.3 cm³/mol. The molecule has 9 heteroatoms. The number of rotatable bonds is 6. The molecule has 0 unspecified atom stereocenters. The van der Waals surface area contributed by atoms with Gasteiger partial charge in [0.1, 0.15) is 5.75 Å². The van der Waals surface area contributed by atoms with E-state index in [1.54, 1.807) is 31.3 Å². The lowest BCUT2D eigenvalue weighted by Crippen LogP contribution is -2.39. The number of aliphatic carboxylic acids is 2. The van der Waals surface area contributed by atoms with Gasteiger partial charge in [-0.25, -0.2) is 9.59 Å². The van der Waals surface area contributed by atoms with Gasteiger partial charge in [0.2, 0.25) is 0 Å². The maximum Gasteiger partial charge on any atom is 0.335 e. The van der Waals surface area contributed by atoms with Gasteiger partial charge in [-0.1, -0.05) is 12.1 Å². The first-order chi connectivity index (χ1) is 10.2. The Bertz CT molecular complexity index is 475. The smallest absolute Gasteiger partial charge is 0.335 e. The fourth-order valence-corrected chi connectivity index (χ4v) is 1.31. The average Bonchev–Trinajstić information content (AvgIpc) is 2.46. The van der Waals surface area contributed by atoms with Crippen LogP contribution in [0, 0.1) is 0 Å². The number of aromatic hydroxyl groups is 1. The molecule has 3 atom stereocenters. The number of likely N-dealkylation sites (N-methyl/N-ethyl adjacent to an activating group) is 1. The van der Waals surface area contributed by atoms with Crippen LogP contribution in [0.2, 0.25) is 0 Å². The SMILES string of the molecule is CNC[C@H](O)c1cccc(O)c1.O=C(O)[C@@H](O)[C@@H](O)C(=O)O. The number of phenolic OH excluding ortho intramolecular Hbond substituents is 1. The first-order valence-corrected chi connectivity index (χ1v) is 6.14. The van der Waals surface area contributed by atoms with Gasteiger partial charge in [0.15, 0.2) is 12.2 Å². The van der Waals surface area contributed by atoms with E-state index in [-0.39, 0.29) is 5.75 Å². The highest BCUT2D eigenvalue weighted by atomic mass is 16.4. The summed E-state index contributed by atoms with van der Waals surface area (Å²) in [5, 5.41) is 53.9. The number of hydrogen-bond acceptors (Lipinski definition) is 7. The number of aliphatic hydroxyl groups excluding tert-OH is 3. The fraction of sp³-hybridized carbons (Fsp3) is 0.385. The summed E-state index contributed by atoms with van der Waals surface area (Å²) in [5.74, 6) is -3.35. The van der Waals surface area contributed by atoms with Crippen LogP contribution < -0.4 is 5.32 Å². The van der Waals surface area contributed by atoms with Gasteiger partial charge in [-0.2, -0.15) is 0 Å². The monoisotopic (exact) mass is 317 g/mol. The van der Waals surface area contributed by atoms with Crippen molar-refractivity contribution in [3.63, 3.8) is 0 Å². The number of nitrogens with one attached hydrogen (secondary N) is 1. The minimum Gasteiger partial charge on any atom is -0.508 e. The zero-order valence-corrected chi connectivity index (χ0v) is 11.7. The van der Waals surface area contributed by atoms with E-state index in [1.807, 2.05) is 0 Å². The Kier molecular flexibility index (Phi) is 8.72. The fourth-order valence-electron chi connectivity index (χ4n) is 1.31. The molecule has 0 saturated carbocycles. The van der Waals surface area contributed by atoms with Crippen molar-refractivity contribution < 1.29 is 40.2 Å². The highest BCUT2D eigenvalue weighted by Gasteiger charge is 2.29. The zero-order chi connectivity index (χ0) is 17.3. The van der Waals surface area contributed by atoms with E-state index in [1.165, 1.54) is 0 Å². The lowest BCUT2D eigenvalue weighted by atomic mass is 10.1. The average molecular weight is 317 g/mol. The molecule has 0 aromatic heterocycles. The number of carboxylic acids is 2. The summed E-state index contributed by atoms with van der Waals surface area (Å²) in [6.45, 7) is 0.490. The van der Waals surface area contributed by atoms with Crippen molar-refractivity contribution in [2.75, 3.05) is 13.6 Å². The molecule has 0 spiro atoms. The van der Waals surface area contributed by atoms with Gasteiger partial charge in [0, 0.05) is 6.54 Å². The number of phenols is 1. The van der Waals surface area contributed by atoms with Crippen molar-refractivity contribution in [2.45, 2.75) is 18.3 Å². The van der Waals surface area contributed by atoms with E-state index in [2.05, 4.69) is 5.32 Å². The minimum absolute atomic E-state index is 0.183. The minimum atomic E-state index is -2.27. The number of hydrogen-bond donors (Lipinski definition) is 7. The normalized spacial score (nSPS) is 14.2. The van der Waals surface area contributed by atoms with Gasteiger partial charge < -0.3 is 36.0 Å². The van der Waals surface area contributed by atoms with Gasteiger partial charge in [-0.15, -0.1) is 0 Å². The van der Waals surface area contributed by atoms with Crippen LogP contribution in [0.4, 0.5) is 0 Å². The van der Waals surface area contributed by atoms with Crippen molar-refractivity contribution >= 4 is 11.9 Å². The summed E-state index contributed by atoms with van der Waals surface area (Å²) in [4.78, 5) is 19.5. The van der Waals surface area contributed by atoms with Gasteiger partial charge in [0.25, 0.3) is 0 Å². The Morgan fingerprint density at radius 2 is 1.59 bits per heavy atom. The summed E-state index contributed by atoms with van der Waals surface area (Å²) < 4.78 is 0. The highest BCUT2D eigenvalue weighted by molar-refractivity contribution is 5.83. The number of carboxylic acid groups (broad SMARTS) is 2. The van der Waals surface area contributed by atoms with E-state index >= 15 is 0 Å². The van der Waals surface area contributed by atoms with Crippen LogP contribution in [-0.2, 0) is 9.59 Å². The topological polar surface area (TPSA) is 168 Å². The predicted octanol–water partition coefficient (Wildman–Crippen LogP) is -1.48. The van der Waals surface area contributed by atoms with Gasteiger partial charge in [0.05, 0.1) is 6.10 Å². The summed E-state index contributed by atoms with van der Waals surface area (Å²) in [5.41, 5.74) is 0.726. The van der Waals surface area contributed by atoms with E-state index in [0.717, 1.165) is 5.56 Å². The molecule has 1 rings (SSSR count). The van der Waals surface area contributed by atoms with Crippen molar-refractivity contribution in [1.29, 1.82) is 0 Å². The summed E-state index contributed by atoms with van der Waals surface area (Å²) in [6.07, 6.45) is -5.09. The van der Waals surface area contributed by atoms with Crippen molar-refractivity contribution in [1.82, 2.24) is 5.32 Å².